The Morgan fingerprint density at radius 2 is 2.15 bits per heavy atom. The molecule has 1 fully saturated rings. The fraction of sp³-hybridized carbons (Fsp3) is 0.938. The third-order valence-electron chi connectivity index (χ3n) is 4.28. The van der Waals surface area contributed by atoms with Crippen LogP contribution < -0.4 is 5.32 Å². The molecule has 0 aromatic rings. The molecule has 1 rings (SSSR count). The predicted octanol–water partition coefficient (Wildman–Crippen LogP) is 3.35. The third kappa shape index (κ3) is 5.06. The second kappa shape index (κ2) is 8.63. The van der Waals surface area contributed by atoms with Gasteiger partial charge in [0.15, 0.2) is 0 Å². The average molecular weight is 285 g/mol. The number of carboxylic acids is 1. The zero-order valence-electron chi connectivity index (χ0n) is 13.3. The zero-order chi connectivity index (χ0) is 15.0. The highest BCUT2D eigenvalue weighted by atomic mass is 16.5. The number of aliphatic carboxylic acids is 1. The number of carboxylic acid groups (broad SMARTS) is 1. The SMILES string of the molecule is CCCCCCC(C)OC1CCC(NCC)(C(=O)O)C1. The number of likely N-dealkylation sites (N-methyl/N-ethyl adjacent to an activating group) is 1. The molecule has 0 saturated heterocycles. The molecule has 2 N–H and O–H groups in total. The normalized spacial score (nSPS) is 27.6. The second-order valence-corrected chi connectivity index (χ2v) is 6.08. The van der Waals surface area contributed by atoms with Crippen molar-refractivity contribution in [2.24, 2.45) is 0 Å². The van der Waals surface area contributed by atoms with Gasteiger partial charge in [-0.05, 0) is 32.7 Å². The van der Waals surface area contributed by atoms with Crippen LogP contribution in [0.5, 0.6) is 0 Å². The Kier molecular flexibility index (Phi) is 7.52. The van der Waals surface area contributed by atoms with E-state index >= 15 is 0 Å². The Morgan fingerprint density at radius 3 is 2.75 bits per heavy atom. The number of rotatable bonds is 10. The molecule has 4 heteroatoms. The van der Waals surface area contributed by atoms with Crippen molar-refractivity contribution in [1.82, 2.24) is 5.32 Å². The van der Waals surface area contributed by atoms with Crippen LogP contribution in [-0.2, 0) is 9.53 Å². The Hall–Kier alpha value is -0.610. The third-order valence-corrected chi connectivity index (χ3v) is 4.28. The molecular weight excluding hydrogens is 254 g/mol. The van der Waals surface area contributed by atoms with Gasteiger partial charge in [-0.2, -0.15) is 0 Å². The molecule has 3 unspecified atom stereocenters. The number of hydrogen-bond donors (Lipinski definition) is 2. The minimum Gasteiger partial charge on any atom is -0.480 e. The van der Waals surface area contributed by atoms with Gasteiger partial charge in [-0.15, -0.1) is 0 Å². The lowest BCUT2D eigenvalue weighted by atomic mass is 9.98. The monoisotopic (exact) mass is 285 g/mol. The minimum atomic E-state index is -0.763. The van der Waals surface area contributed by atoms with Gasteiger partial charge in [-0.1, -0.05) is 39.5 Å². The highest BCUT2D eigenvalue weighted by molar-refractivity contribution is 5.79. The van der Waals surface area contributed by atoms with Crippen molar-refractivity contribution in [3.05, 3.63) is 0 Å². The molecule has 0 amide bonds. The fourth-order valence-corrected chi connectivity index (χ4v) is 3.14. The maximum Gasteiger partial charge on any atom is 0.323 e. The van der Waals surface area contributed by atoms with Crippen LogP contribution in [0.2, 0.25) is 0 Å². The van der Waals surface area contributed by atoms with Gasteiger partial charge >= 0.3 is 5.97 Å². The summed E-state index contributed by atoms with van der Waals surface area (Å²) < 4.78 is 6.04. The van der Waals surface area contributed by atoms with E-state index in [9.17, 15) is 9.90 Å². The van der Waals surface area contributed by atoms with Crippen molar-refractivity contribution >= 4 is 5.97 Å². The first-order valence-electron chi connectivity index (χ1n) is 8.18. The van der Waals surface area contributed by atoms with Crippen molar-refractivity contribution in [2.45, 2.75) is 89.9 Å². The Morgan fingerprint density at radius 1 is 1.40 bits per heavy atom. The standard InChI is InChI=1S/C16H31NO3/c1-4-6-7-8-9-13(3)20-14-10-11-16(12-14,15(18)19)17-5-2/h13-14,17H,4-12H2,1-3H3,(H,18,19). The number of nitrogens with one attached hydrogen (secondary N) is 1. The van der Waals surface area contributed by atoms with Crippen molar-refractivity contribution in [3.8, 4) is 0 Å². The largest absolute Gasteiger partial charge is 0.480 e. The molecule has 0 aliphatic heterocycles. The van der Waals surface area contributed by atoms with Crippen LogP contribution in [-0.4, -0.2) is 35.4 Å². The van der Waals surface area contributed by atoms with E-state index in [0.29, 0.717) is 19.4 Å². The van der Waals surface area contributed by atoms with Gasteiger partial charge in [0.2, 0.25) is 0 Å². The number of hydrogen-bond acceptors (Lipinski definition) is 3. The molecule has 3 atom stereocenters. The number of ether oxygens (including phenoxy) is 1. The van der Waals surface area contributed by atoms with E-state index in [1.807, 2.05) is 6.92 Å². The molecule has 0 aromatic heterocycles. The van der Waals surface area contributed by atoms with Gasteiger partial charge in [0.1, 0.15) is 5.54 Å². The molecule has 1 aliphatic rings. The number of carbonyl (C=O) groups is 1. The van der Waals surface area contributed by atoms with Crippen LogP contribution >= 0.6 is 0 Å². The fourth-order valence-electron chi connectivity index (χ4n) is 3.14. The van der Waals surface area contributed by atoms with Crippen LogP contribution in [0, 0.1) is 0 Å². The summed E-state index contributed by atoms with van der Waals surface area (Å²) in [5, 5.41) is 12.6. The van der Waals surface area contributed by atoms with Crippen molar-refractivity contribution in [1.29, 1.82) is 0 Å². The van der Waals surface area contributed by atoms with E-state index in [-0.39, 0.29) is 12.2 Å². The Balaban J connectivity index is 2.34. The first-order valence-corrected chi connectivity index (χ1v) is 8.18. The molecule has 0 radical (unpaired) electrons. The minimum absolute atomic E-state index is 0.0892. The van der Waals surface area contributed by atoms with E-state index < -0.39 is 11.5 Å². The van der Waals surface area contributed by atoms with Crippen LogP contribution in [0.15, 0.2) is 0 Å². The molecule has 0 aromatic carbocycles. The summed E-state index contributed by atoms with van der Waals surface area (Å²) in [4.78, 5) is 11.5. The summed E-state index contributed by atoms with van der Waals surface area (Å²) in [5.74, 6) is -0.735. The topological polar surface area (TPSA) is 58.6 Å². The predicted molar refractivity (Wildman–Crippen MR) is 81.0 cm³/mol. The molecule has 118 valence electrons. The molecule has 1 saturated carbocycles. The van der Waals surface area contributed by atoms with Crippen molar-refractivity contribution < 1.29 is 14.6 Å². The van der Waals surface area contributed by atoms with E-state index in [2.05, 4.69) is 19.2 Å². The van der Waals surface area contributed by atoms with Gasteiger partial charge in [0.05, 0.1) is 12.2 Å². The summed E-state index contributed by atoms with van der Waals surface area (Å²) >= 11 is 0. The van der Waals surface area contributed by atoms with Crippen LogP contribution in [0.25, 0.3) is 0 Å². The maximum atomic E-state index is 11.5. The van der Waals surface area contributed by atoms with Gasteiger partial charge in [-0.3, -0.25) is 4.79 Å². The Bertz CT molecular complexity index is 295. The lowest BCUT2D eigenvalue weighted by molar-refractivity contribution is -0.145. The molecule has 1 aliphatic carbocycles. The van der Waals surface area contributed by atoms with Gasteiger partial charge < -0.3 is 15.2 Å². The van der Waals surface area contributed by atoms with Crippen molar-refractivity contribution in [2.75, 3.05) is 6.54 Å². The molecule has 0 spiro atoms. The van der Waals surface area contributed by atoms with E-state index in [4.69, 9.17) is 4.74 Å². The van der Waals surface area contributed by atoms with Gasteiger partial charge in [0, 0.05) is 6.42 Å². The average Bonchev–Trinajstić information content (AvgIpc) is 2.80. The molecule has 4 nitrogen and oxygen atoms in total. The van der Waals surface area contributed by atoms with E-state index in [1.165, 1.54) is 25.7 Å². The summed E-state index contributed by atoms with van der Waals surface area (Å²) in [7, 11) is 0. The molecule has 0 bridgehead atoms. The first kappa shape index (κ1) is 17.4. The second-order valence-electron chi connectivity index (χ2n) is 6.08. The highest BCUT2D eigenvalue weighted by Gasteiger charge is 2.45. The molecule has 20 heavy (non-hydrogen) atoms. The highest BCUT2D eigenvalue weighted by Crippen LogP contribution is 2.33. The van der Waals surface area contributed by atoms with Crippen LogP contribution in [0.4, 0.5) is 0 Å². The van der Waals surface area contributed by atoms with Crippen molar-refractivity contribution in [3.63, 3.8) is 0 Å². The smallest absolute Gasteiger partial charge is 0.323 e. The summed E-state index contributed by atoms with van der Waals surface area (Å²) in [6.07, 6.45) is 8.54. The maximum absolute atomic E-state index is 11.5. The molecule has 0 heterocycles. The number of unbranched alkanes of at least 4 members (excludes halogenated alkanes) is 3. The van der Waals surface area contributed by atoms with E-state index in [0.717, 1.165) is 12.8 Å². The lowest BCUT2D eigenvalue weighted by Crippen LogP contribution is -2.50. The first-order chi connectivity index (χ1) is 9.54. The van der Waals surface area contributed by atoms with Gasteiger partial charge in [-0.25, -0.2) is 0 Å². The van der Waals surface area contributed by atoms with Gasteiger partial charge in [0.25, 0.3) is 0 Å². The summed E-state index contributed by atoms with van der Waals surface area (Å²) in [6, 6.07) is 0. The molecular formula is C16H31NO3. The quantitative estimate of drug-likeness (QED) is 0.604. The zero-order valence-corrected chi connectivity index (χ0v) is 13.3. The van der Waals surface area contributed by atoms with Crippen LogP contribution in [0.3, 0.4) is 0 Å². The van der Waals surface area contributed by atoms with E-state index in [1.54, 1.807) is 0 Å². The summed E-state index contributed by atoms with van der Waals surface area (Å²) in [6.45, 7) is 6.96. The summed E-state index contributed by atoms with van der Waals surface area (Å²) in [5.41, 5.74) is -0.763. The lowest BCUT2D eigenvalue weighted by Gasteiger charge is -2.26. The Labute approximate surface area is 123 Å². The van der Waals surface area contributed by atoms with Crippen LogP contribution in [0.1, 0.15) is 72.1 Å².